The van der Waals surface area contributed by atoms with Gasteiger partial charge in [-0.3, -0.25) is 19.1 Å². The minimum Gasteiger partial charge on any atom is -0.475 e. The summed E-state index contributed by atoms with van der Waals surface area (Å²) in [5.74, 6) is -6.96. The van der Waals surface area contributed by atoms with Crippen molar-refractivity contribution in [2.75, 3.05) is 11.9 Å². The minimum absolute atomic E-state index is 0.107. The van der Waals surface area contributed by atoms with Gasteiger partial charge in [-0.1, -0.05) is 41.9 Å². The van der Waals surface area contributed by atoms with Gasteiger partial charge >= 0.3 is 18.1 Å². The Morgan fingerprint density at radius 3 is 2.33 bits per heavy atom. The Morgan fingerprint density at radius 2 is 1.71 bits per heavy atom. The minimum atomic E-state index is -5.08. The van der Waals surface area contributed by atoms with Crippen LogP contribution in [0.4, 0.5) is 27.8 Å². The zero-order chi connectivity index (χ0) is 30.9. The zero-order valence-corrected chi connectivity index (χ0v) is 22.0. The number of nitrogens with zero attached hydrogens (tertiary/aromatic N) is 4. The molecular formula is C25H21ClF5N7O4. The van der Waals surface area contributed by atoms with Crippen LogP contribution in [-0.4, -0.2) is 54.2 Å². The summed E-state index contributed by atoms with van der Waals surface area (Å²) in [6, 6.07) is 11.6. The number of alkyl halides is 5. The smallest absolute Gasteiger partial charge is 0.475 e. The third kappa shape index (κ3) is 8.57. The van der Waals surface area contributed by atoms with E-state index in [0.29, 0.717) is 0 Å². The zero-order valence-electron chi connectivity index (χ0n) is 21.2. The summed E-state index contributed by atoms with van der Waals surface area (Å²) >= 11 is 6.06. The number of carbonyl (C=O) groups is 2. The summed E-state index contributed by atoms with van der Waals surface area (Å²) in [6.07, 6.45) is 0.580. The highest BCUT2D eigenvalue weighted by atomic mass is 35.5. The Balaban J connectivity index is 0.000000616. The third-order valence-corrected chi connectivity index (χ3v) is 5.64. The molecule has 0 saturated heterocycles. The van der Waals surface area contributed by atoms with E-state index in [1.165, 1.54) is 24.4 Å². The van der Waals surface area contributed by atoms with Gasteiger partial charge in [-0.05, 0) is 17.7 Å². The second-order valence-corrected chi connectivity index (χ2v) is 8.67. The van der Waals surface area contributed by atoms with E-state index in [9.17, 15) is 31.5 Å². The molecule has 0 unspecified atom stereocenters. The van der Waals surface area contributed by atoms with Crippen molar-refractivity contribution in [3.05, 3.63) is 94.1 Å². The van der Waals surface area contributed by atoms with Crippen LogP contribution in [0.3, 0.4) is 0 Å². The number of carbonyl (C=O) groups excluding carboxylic acids is 1. The van der Waals surface area contributed by atoms with E-state index >= 15 is 0 Å². The fourth-order valence-electron chi connectivity index (χ4n) is 3.33. The van der Waals surface area contributed by atoms with E-state index in [4.69, 9.17) is 21.5 Å². The lowest BCUT2D eigenvalue weighted by Crippen LogP contribution is -2.35. The Labute approximate surface area is 238 Å². The molecule has 0 aliphatic carbocycles. The number of benzene rings is 1. The Kier molecular flexibility index (Phi) is 10.3. The monoisotopic (exact) mass is 613 g/mol. The molecule has 4 aromatic rings. The molecule has 0 bridgehead atoms. The normalized spacial score (nSPS) is 11.3. The molecule has 42 heavy (non-hydrogen) atoms. The second-order valence-electron chi connectivity index (χ2n) is 8.29. The number of anilines is 1. The van der Waals surface area contributed by atoms with Crippen molar-refractivity contribution in [1.29, 1.82) is 0 Å². The van der Waals surface area contributed by atoms with E-state index in [1.54, 1.807) is 12.5 Å². The molecule has 3 heterocycles. The first-order valence-corrected chi connectivity index (χ1v) is 12.1. The lowest BCUT2D eigenvalue weighted by Gasteiger charge is -2.17. The maximum absolute atomic E-state index is 14.4. The van der Waals surface area contributed by atoms with Crippen LogP contribution in [-0.2, 0) is 28.6 Å². The molecule has 0 saturated carbocycles. The summed E-state index contributed by atoms with van der Waals surface area (Å²) < 4.78 is 61.5. The highest BCUT2D eigenvalue weighted by Gasteiger charge is 2.38. The van der Waals surface area contributed by atoms with Crippen molar-refractivity contribution >= 4 is 29.3 Å². The highest BCUT2D eigenvalue weighted by molar-refractivity contribution is 6.29. The molecule has 11 nitrogen and oxygen atoms in total. The van der Waals surface area contributed by atoms with E-state index < -0.39 is 48.3 Å². The lowest BCUT2D eigenvalue weighted by molar-refractivity contribution is -0.192. The van der Waals surface area contributed by atoms with Crippen molar-refractivity contribution < 1.29 is 36.6 Å². The number of carboxylic acids is 1. The quantitative estimate of drug-likeness (QED) is 0.208. The van der Waals surface area contributed by atoms with Crippen LogP contribution in [0.5, 0.6) is 0 Å². The fourth-order valence-corrected chi connectivity index (χ4v) is 3.51. The Hall–Kier alpha value is -4.86. The van der Waals surface area contributed by atoms with Gasteiger partial charge in [0.2, 0.25) is 5.91 Å². The predicted molar refractivity (Wildman–Crippen MR) is 140 cm³/mol. The van der Waals surface area contributed by atoms with Gasteiger partial charge in [0.25, 0.3) is 5.56 Å². The summed E-state index contributed by atoms with van der Waals surface area (Å²) in [4.78, 5) is 48.8. The molecule has 3 aromatic heterocycles. The van der Waals surface area contributed by atoms with Gasteiger partial charge in [0.15, 0.2) is 5.82 Å². The van der Waals surface area contributed by atoms with Gasteiger partial charge in [0, 0.05) is 24.5 Å². The molecule has 0 aliphatic rings. The fraction of sp³-hybridized carbons (Fsp3) is 0.200. The number of nitrogens with one attached hydrogen (secondary N) is 3. The number of aromatic nitrogens is 5. The van der Waals surface area contributed by atoms with Crippen LogP contribution in [0, 0.1) is 0 Å². The molecule has 0 radical (unpaired) electrons. The van der Waals surface area contributed by atoms with Crippen molar-refractivity contribution in [1.82, 2.24) is 29.8 Å². The molecular weight excluding hydrogens is 593 g/mol. The predicted octanol–water partition coefficient (Wildman–Crippen LogP) is 3.84. The third-order valence-electron chi connectivity index (χ3n) is 5.34. The molecule has 0 atom stereocenters. The molecule has 17 heteroatoms. The van der Waals surface area contributed by atoms with Gasteiger partial charge in [0.1, 0.15) is 17.4 Å². The van der Waals surface area contributed by atoms with Crippen LogP contribution >= 0.6 is 11.6 Å². The van der Waals surface area contributed by atoms with Crippen molar-refractivity contribution in [3.8, 4) is 11.3 Å². The number of imidazole rings is 1. The number of pyridine rings is 1. The number of halogens is 6. The van der Waals surface area contributed by atoms with E-state index in [-0.39, 0.29) is 17.5 Å². The summed E-state index contributed by atoms with van der Waals surface area (Å²) in [6.45, 7) is -1.15. The maximum Gasteiger partial charge on any atom is 0.490 e. The molecule has 0 aliphatic heterocycles. The lowest BCUT2D eigenvalue weighted by atomic mass is 10.1. The van der Waals surface area contributed by atoms with E-state index in [1.807, 2.05) is 24.3 Å². The summed E-state index contributed by atoms with van der Waals surface area (Å²) in [7, 11) is 0. The average molecular weight is 614 g/mol. The SMILES string of the molecule is O=C(Cn1c(Cl)cnc(NCC(F)(F)c2ccccn2)c1=O)NCc1ccccc1-c1c[nH]cn1.O=C(O)C(F)(F)F. The Morgan fingerprint density at radius 1 is 1.02 bits per heavy atom. The summed E-state index contributed by atoms with van der Waals surface area (Å²) in [5, 5.41) is 12.1. The van der Waals surface area contributed by atoms with Gasteiger partial charge in [-0.2, -0.15) is 22.0 Å². The molecule has 4 rings (SSSR count). The molecule has 0 spiro atoms. The van der Waals surface area contributed by atoms with Crippen LogP contribution in [0.15, 0.2) is 72.2 Å². The molecule has 1 amide bonds. The number of H-pyrrole nitrogens is 1. The molecule has 222 valence electrons. The van der Waals surface area contributed by atoms with Crippen LogP contribution in [0.2, 0.25) is 5.15 Å². The largest absolute Gasteiger partial charge is 0.490 e. The number of hydrogen-bond acceptors (Lipinski definition) is 7. The van der Waals surface area contributed by atoms with Crippen LogP contribution in [0.25, 0.3) is 11.3 Å². The molecule has 0 fully saturated rings. The average Bonchev–Trinajstić information content (AvgIpc) is 3.49. The number of aromatic amines is 1. The Bertz CT molecular complexity index is 1570. The van der Waals surface area contributed by atoms with Crippen molar-refractivity contribution in [2.45, 2.75) is 25.2 Å². The van der Waals surface area contributed by atoms with E-state index in [0.717, 1.165) is 27.6 Å². The van der Waals surface area contributed by atoms with E-state index in [2.05, 4.69) is 30.6 Å². The first kappa shape index (κ1) is 31.7. The summed E-state index contributed by atoms with van der Waals surface area (Å²) in [5.41, 5.74) is 1.13. The number of carboxylic acid groups (broad SMARTS) is 1. The number of hydrogen-bond donors (Lipinski definition) is 4. The van der Waals surface area contributed by atoms with Crippen LogP contribution in [0.1, 0.15) is 11.3 Å². The number of aliphatic carboxylic acids is 1. The number of rotatable bonds is 9. The van der Waals surface area contributed by atoms with Crippen molar-refractivity contribution in [3.63, 3.8) is 0 Å². The second kappa shape index (κ2) is 13.7. The first-order chi connectivity index (χ1) is 19.8. The first-order valence-electron chi connectivity index (χ1n) is 11.7. The maximum atomic E-state index is 14.4. The van der Waals surface area contributed by atoms with Crippen molar-refractivity contribution in [2.24, 2.45) is 0 Å². The molecule has 4 N–H and O–H groups in total. The van der Waals surface area contributed by atoms with Gasteiger partial charge < -0.3 is 20.7 Å². The van der Waals surface area contributed by atoms with Gasteiger partial charge in [-0.25, -0.2) is 14.8 Å². The molecule has 1 aromatic carbocycles. The highest BCUT2D eigenvalue weighted by Crippen LogP contribution is 2.26. The topological polar surface area (TPSA) is 155 Å². The standard InChI is InChI=1S/C23H20ClF2N7O2.C2HF3O2/c24-19-11-30-21(31-13-23(25,26)18-7-3-4-8-28-18)22(35)33(19)12-20(34)29-9-15-5-1-2-6-16(15)17-10-27-14-32-17;3-2(4,5)1(6)7/h1-8,10-11,14H,9,12-13H2,(H,27,32)(H,29,34)(H,30,31);(H,6,7). The van der Waals surface area contributed by atoms with Gasteiger partial charge in [0.05, 0.1) is 24.8 Å². The van der Waals surface area contributed by atoms with Gasteiger partial charge in [-0.15, -0.1) is 0 Å². The number of amides is 1. The van der Waals surface area contributed by atoms with Crippen LogP contribution < -0.4 is 16.2 Å².